The molecular formula is C33H20N4OS. The highest BCUT2D eigenvalue weighted by atomic mass is 32.1. The highest BCUT2D eigenvalue weighted by Gasteiger charge is 2.19. The van der Waals surface area contributed by atoms with E-state index in [9.17, 15) is 0 Å². The van der Waals surface area contributed by atoms with E-state index in [1.165, 1.54) is 5.39 Å². The fourth-order valence-electron chi connectivity index (χ4n) is 5.35. The van der Waals surface area contributed by atoms with Crippen molar-refractivity contribution in [3.63, 3.8) is 0 Å². The Morgan fingerprint density at radius 2 is 1.62 bits per heavy atom. The van der Waals surface area contributed by atoms with Crippen molar-refractivity contribution < 1.29 is 4.42 Å². The molecule has 39 heavy (non-hydrogen) atoms. The minimum atomic E-state index is 0.609. The molecule has 0 unspecified atom stereocenters. The summed E-state index contributed by atoms with van der Waals surface area (Å²) < 4.78 is 8.47. The van der Waals surface area contributed by atoms with Crippen LogP contribution in [-0.2, 0) is 0 Å². The molecule has 4 aromatic heterocycles. The Morgan fingerprint density at radius 1 is 0.692 bits per heavy atom. The zero-order valence-corrected chi connectivity index (χ0v) is 21.5. The summed E-state index contributed by atoms with van der Waals surface area (Å²) in [7, 11) is 0. The number of benzene rings is 4. The first kappa shape index (κ1) is 22.0. The highest BCUT2D eigenvalue weighted by Crippen LogP contribution is 2.41. The third-order valence-electron chi connectivity index (χ3n) is 7.06. The van der Waals surface area contributed by atoms with Gasteiger partial charge in [-0.25, -0.2) is 9.97 Å². The van der Waals surface area contributed by atoms with Gasteiger partial charge >= 0.3 is 0 Å². The number of fused-ring (bicyclic) bond motifs is 4. The fraction of sp³-hybridized carbons (Fsp3) is 0. The Morgan fingerprint density at radius 3 is 2.49 bits per heavy atom. The van der Waals surface area contributed by atoms with E-state index in [0.717, 1.165) is 60.6 Å². The maximum Gasteiger partial charge on any atom is 0.227 e. The molecule has 0 saturated carbocycles. The topological polar surface area (TPSA) is 56.7 Å². The normalized spacial score (nSPS) is 11.6. The van der Waals surface area contributed by atoms with Crippen molar-refractivity contribution in [2.24, 2.45) is 0 Å². The van der Waals surface area contributed by atoms with Gasteiger partial charge in [0.2, 0.25) is 5.89 Å². The largest absolute Gasteiger partial charge is 0.436 e. The van der Waals surface area contributed by atoms with Crippen molar-refractivity contribution in [2.75, 3.05) is 0 Å². The fourth-order valence-corrected chi connectivity index (χ4v) is 6.02. The molecule has 4 heterocycles. The number of para-hydroxylation sites is 2. The van der Waals surface area contributed by atoms with Gasteiger partial charge in [-0.15, -0.1) is 11.3 Å². The smallest absolute Gasteiger partial charge is 0.227 e. The summed E-state index contributed by atoms with van der Waals surface area (Å²) in [6.45, 7) is 0. The first-order chi connectivity index (χ1) is 19.3. The average Bonchev–Trinajstić information content (AvgIpc) is 3.75. The van der Waals surface area contributed by atoms with Crippen LogP contribution in [-0.4, -0.2) is 19.5 Å². The molecular weight excluding hydrogens is 500 g/mol. The summed E-state index contributed by atoms with van der Waals surface area (Å²) in [4.78, 5) is 14.0. The van der Waals surface area contributed by atoms with E-state index in [2.05, 4.69) is 75.2 Å². The van der Waals surface area contributed by atoms with Crippen LogP contribution in [0.3, 0.4) is 0 Å². The molecule has 184 valence electrons. The lowest BCUT2D eigenvalue weighted by Gasteiger charge is -2.10. The third kappa shape index (κ3) is 3.57. The summed E-state index contributed by atoms with van der Waals surface area (Å²) in [5.41, 5.74) is 8.94. The van der Waals surface area contributed by atoms with Crippen molar-refractivity contribution in [1.29, 1.82) is 0 Å². The van der Waals surface area contributed by atoms with E-state index >= 15 is 0 Å². The van der Waals surface area contributed by atoms with E-state index in [1.807, 2.05) is 60.2 Å². The lowest BCUT2D eigenvalue weighted by Crippen LogP contribution is -1.95. The van der Waals surface area contributed by atoms with Gasteiger partial charge in [0.1, 0.15) is 10.5 Å². The minimum absolute atomic E-state index is 0.609. The van der Waals surface area contributed by atoms with Crippen molar-refractivity contribution >= 4 is 44.2 Å². The Hall–Kier alpha value is -5.07. The van der Waals surface area contributed by atoms with Gasteiger partial charge in [-0.2, -0.15) is 0 Å². The average molecular weight is 521 g/mol. The zero-order chi connectivity index (χ0) is 25.8. The van der Waals surface area contributed by atoms with E-state index < -0.39 is 0 Å². The molecule has 0 aliphatic heterocycles. The molecule has 5 nitrogen and oxygen atoms in total. The molecule has 0 radical (unpaired) electrons. The molecule has 0 saturated heterocycles. The molecule has 4 aromatic carbocycles. The molecule has 0 aliphatic rings. The van der Waals surface area contributed by atoms with Gasteiger partial charge in [0.15, 0.2) is 5.58 Å². The van der Waals surface area contributed by atoms with E-state index in [1.54, 1.807) is 11.3 Å². The third-order valence-corrected chi connectivity index (χ3v) is 7.87. The van der Waals surface area contributed by atoms with Gasteiger partial charge in [0.25, 0.3) is 0 Å². The molecule has 0 N–H and O–H groups in total. The summed E-state index contributed by atoms with van der Waals surface area (Å²) in [6, 6.07) is 35.3. The first-order valence-corrected chi connectivity index (χ1v) is 13.6. The van der Waals surface area contributed by atoms with Crippen molar-refractivity contribution in [3.05, 3.63) is 121 Å². The lowest BCUT2D eigenvalue weighted by atomic mass is 10.1. The Kier molecular flexibility index (Phi) is 4.93. The lowest BCUT2D eigenvalue weighted by molar-refractivity contribution is 0.620. The van der Waals surface area contributed by atoms with Crippen LogP contribution in [0.2, 0.25) is 0 Å². The predicted molar refractivity (Wildman–Crippen MR) is 158 cm³/mol. The molecule has 0 aliphatic carbocycles. The van der Waals surface area contributed by atoms with Gasteiger partial charge in [-0.3, -0.25) is 4.98 Å². The zero-order valence-electron chi connectivity index (χ0n) is 20.7. The Labute approximate surface area is 227 Å². The monoisotopic (exact) mass is 520 g/mol. The van der Waals surface area contributed by atoms with Crippen molar-refractivity contribution in [2.45, 2.75) is 0 Å². The number of aromatic nitrogens is 4. The van der Waals surface area contributed by atoms with E-state index in [0.29, 0.717) is 5.89 Å². The second-order valence-electron chi connectivity index (χ2n) is 9.36. The molecule has 0 atom stereocenters. The van der Waals surface area contributed by atoms with E-state index in [4.69, 9.17) is 9.40 Å². The number of hydrogen-bond acceptors (Lipinski definition) is 5. The van der Waals surface area contributed by atoms with Crippen LogP contribution in [0, 0.1) is 0 Å². The predicted octanol–water partition coefficient (Wildman–Crippen LogP) is 8.78. The van der Waals surface area contributed by atoms with Gasteiger partial charge in [-0.1, -0.05) is 48.5 Å². The van der Waals surface area contributed by atoms with Crippen LogP contribution in [0.25, 0.3) is 71.9 Å². The maximum absolute atomic E-state index is 6.15. The molecule has 0 bridgehead atoms. The first-order valence-electron chi connectivity index (χ1n) is 12.7. The molecule has 0 amide bonds. The Bertz CT molecular complexity index is 2090. The molecule has 6 heteroatoms. The van der Waals surface area contributed by atoms with Crippen molar-refractivity contribution in [3.8, 4) is 39.0 Å². The Balaban J connectivity index is 1.43. The van der Waals surface area contributed by atoms with Crippen LogP contribution < -0.4 is 0 Å². The second-order valence-corrected chi connectivity index (χ2v) is 10.3. The minimum Gasteiger partial charge on any atom is -0.436 e. The second kappa shape index (κ2) is 8.75. The SMILES string of the molecule is c1ccc(-c2cccc(-n3c4cc(-c5nc6ccccc6o5)ccc4c4c(-c5nccs5)cccc43)c2)nc1. The maximum atomic E-state index is 6.15. The van der Waals surface area contributed by atoms with Crippen LogP contribution in [0.15, 0.2) is 125 Å². The number of oxazole rings is 1. The van der Waals surface area contributed by atoms with Crippen molar-refractivity contribution in [1.82, 2.24) is 19.5 Å². The van der Waals surface area contributed by atoms with Crippen LogP contribution in [0.1, 0.15) is 0 Å². The van der Waals surface area contributed by atoms with Crippen LogP contribution in [0.5, 0.6) is 0 Å². The summed E-state index contributed by atoms with van der Waals surface area (Å²) in [6.07, 6.45) is 3.69. The molecule has 0 spiro atoms. The van der Waals surface area contributed by atoms with Crippen LogP contribution in [0.4, 0.5) is 0 Å². The quantitative estimate of drug-likeness (QED) is 0.233. The van der Waals surface area contributed by atoms with Crippen LogP contribution >= 0.6 is 11.3 Å². The summed E-state index contributed by atoms with van der Waals surface area (Å²) >= 11 is 1.65. The number of thiazole rings is 1. The molecule has 8 rings (SSSR count). The highest BCUT2D eigenvalue weighted by molar-refractivity contribution is 7.13. The number of hydrogen-bond donors (Lipinski definition) is 0. The summed E-state index contributed by atoms with van der Waals surface area (Å²) in [5.74, 6) is 0.609. The molecule has 0 fully saturated rings. The van der Waals surface area contributed by atoms with Gasteiger partial charge < -0.3 is 8.98 Å². The summed E-state index contributed by atoms with van der Waals surface area (Å²) in [5, 5.41) is 5.35. The van der Waals surface area contributed by atoms with Gasteiger partial charge in [0, 0.05) is 50.9 Å². The number of rotatable bonds is 4. The van der Waals surface area contributed by atoms with E-state index in [-0.39, 0.29) is 0 Å². The number of nitrogens with zero attached hydrogens (tertiary/aromatic N) is 4. The number of pyridine rings is 1. The molecule has 8 aromatic rings. The van der Waals surface area contributed by atoms with Gasteiger partial charge in [0.05, 0.1) is 16.7 Å². The standard InChI is InChI=1S/C33H20N4OS/c1-2-13-30-27(11-1)36-32(38-30)22-14-15-24-29(20-22)37(23-8-5-7-21(19-23)26-10-3-4-16-34-26)28-12-6-9-25(31(24)28)33-35-17-18-39-33/h1-20H. The van der Waals surface area contributed by atoms with Gasteiger partial charge in [-0.05, 0) is 54.6 Å².